The predicted molar refractivity (Wildman–Crippen MR) is 114 cm³/mol. The van der Waals surface area contributed by atoms with Crippen molar-refractivity contribution in [3.8, 4) is 0 Å². The van der Waals surface area contributed by atoms with Crippen LogP contribution in [0.5, 0.6) is 0 Å². The number of hydrogen-bond acceptors (Lipinski definition) is 4. The van der Waals surface area contributed by atoms with Crippen LogP contribution in [-0.2, 0) is 20.9 Å². The molecule has 2 aromatic rings. The van der Waals surface area contributed by atoms with Crippen LogP contribution in [0, 0.1) is 16.7 Å². The topological polar surface area (TPSA) is 85.6 Å². The molecule has 6 nitrogen and oxygen atoms in total. The number of unbranched alkanes of at least 4 members (excludes halogenated alkanes) is 1. The first-order valence-electron chi connectivity index (χ1n) is 10.3. The van der Waals surface area contributed by atoms with Crippen LogP contribution in [-0.4, -0.2) is 34.0 Å². The summed E-state index contributed by atoms with van der Waals surface area (Å²) in [7, 11) is 0. The minimum atomic E-state index is -1.19. The van der Waals surface area contributed by atoms with Crippen LogP contribution in [0.25, 0.3) is 10.9 Å². The Morgan fingerprint density at radius 2 is 1.73 bits per heavy atom. The lowest BCUT2D eigenvalue weighted by molar-refractivity contribution is -0.138. The van der Waals surface area contributed by atoms with Gasteiger partial charge in [-0.15, -0.1) is 0 Å². The number of carbonyl (C=O) groups is 3. The van der Waals surface area contributed by atoms with Gasteiger partial charge in [0.05, 0.1) is 6.61 Å². The van der Waals surface area contributed by atoms with Crippen LogP contribution in [0.1, 0.15) is 50.9 Å². The molecule has 1 saturated carbocycles. The van der Waals surface area contributed by atoms with Gasteiger partial charge in [0.2, 0.25) is 0 Å². The van der Waals surface area contributed by atoms with Crippen molar-refractivity contribution in [1.29, 1.82) is 0 Å². The Balaban J connectivity index is 1.64. The van der Waals surface area contributed by atoms with E-state index in [2.05, 4.69) is 32.3 Å². The van der Waals surface area contributed by atoms with E-state index in [1.807, 2.05) is 30.5 Å². The molecule has 30 heavy (non-hydrogen) atoms. The van der Waals surface area contributed by atoms with E-state index in [-0.39, 0.29) is 29.1 Å². The van der Waals surface area contributed by atoms with Crippen molar-refractivity contribution in [1.82, 2.24) is 4.57 Å². The molecule has 1 aromatic heterocycles. The molecule has 160 valence electrons. The minimum absolute atomic E-state index is 0.00769. The molecule has 0 saturated heterocycles. The summed E-state index contributed by atoms with van der Waals surface area (Å²) in [6.45, 7) is 9.54. The van der Waals surface area contributed by atoms with Gasteiger partial charge in [0.25, 0.3) is 0 Å². The van der Waals surface area contributed by atoms with Gasteiger partial charge in [-0.05, 0) is 29.7 Å². The SMILES string of the molecule is CC1(C)C(C(=O)c2cn(CCCCOC(=O)C=CC(=O)O)c3ccccc23)C1(C)C. The van der Waals surface area contributed by atoms with Crippen molar-refractivity contribution in [3.63, 3.8) is 0 Å². The Labute approximate surface area is 176 Å². The molecule has 0 atom stereocenters. The van der Waals surface area contributed by atoms with Gasteiger partial charge >= 0.3 is 11.9 Å². The molecular weight excluding hydrogens is 382 g/mol. The van der Waals surface area contributed by atoms with E-state index < -0.39 is 11.9 Å². The molecule has 6 heteroatoms. The fraction of sp³-hybridized carbons (Fsp3) is 0.458. The largest absolute Gasteiger partial charge is 0.478 e. The normalized spacial score (nSPS) is 17.3. The lowest BCUT2D eigenvalue weighted by atomic mass is 10.0. The van der Waals surface area contributed by atoms with E-state index in [9.17, 15) is 14.4 Å². The zero-order valence-corrected chi connectivity index (χ0v) is 18.0. The number of rotatable bonds is 9. The zero-order chi connectivity index (χ0) is 22.1. The molecule has 1 N–H and O–H groups in total. The summed E-state index contributed by atoms with van der Waals surface area (Å²) < 4.78 is 7.09. The standard InChI is InChI=1S/C24H29NO5/c1-23(2)22(24(23,3)4)21(29)17-15-25(18-10-6-5-9-16(17)18)13-7-8-14-30-20(28)12-11-19(26)27/h5-6,9-12,15,22H,7-8,13-14H2,1-4H3,(H,26,27). The maximum Gasteiger partial charge on any atom is 0.331 e. The molecule has 0 aliphatic heterocycles. The summed E-state index contributed by atoms with van der Waals surface area (Å²) in [5.41, 5.74) is 1.79. The van der Waals surface area contributed by atoms with E-state index in [1.54, 1.807) is 0 Å². The number of esters is 1. The Morgan fingerprint density at radius 3 is 2.37 bits per heavy atom. The lowest BCUT2D eigenvalue weighted by Crippen LogP contribution is -2.07. The van der Waals surface area contributed by atoms with Crippen molar-refractivity contribution >= 4 is 28.6 Å². The molecule has 1 fully saturated rings. The highest BCUT2D eigenvalue weighted by Gasteiger charge is 2.68. The van der Waals surface area contributed by atoms with Crippen LogP contribution in [0.4, 0.5) is 0 Å². The van der Waals surface area contributed by atoms with E-state index in [0.29, 0.717) is 13.0 Å². The number of fused-ring (bicyclic) bond motifs is 1. The van der Waals surface area contributed by atoms with Crippen molar-refractivity contribution in [2.75, 3.05) is 6.61 Å². The minimum Gasteiger partial charge on any atom is -0.478 e. The average molecular weight is 411 g/mol. The van der Waals surface area contributed by atoms with E-state index in [4.69, 9.17) is 9.84 Å². The first-order chi connectivity index (χ1) is 14.1. The van der Waals surface area contributed by atoms with Gasteiger partial charge in [-0.2, -0.15) is 0 Å². The van der Waals surface area contributed by atoms with Crippen molar-refractivity contribution < 1.29 is 24.2 Å². The monoisotopic (exact) mass is 411 g/mol. The summed E-state index contributed by atoms with van der Waals surface area (Å²) in [6.07, 6.45) is 5.03. The summed E-state index contributed by atoms with van der Waals surface area (Å²) in [5, 5.41) is 9.48. The van der Waals surface area contributed by atoms with E-state index in [0.717, 1.165) is 35.0 Å². The number of aliphatic carboxylic acids is 1. The number of aromatic nitrogens is 1. The first-order valence-corrected chi connectivity index (χ1v) is 10.3. The Bertz CT molecular complexity index is 998. The number of carboxylic acid groups (broad SMARTS) is 1. The fourth-order valence-electron chi connectivity index (χ4n) is 4.38. The number of nitrogens with zero attached hydrogens (tertiary/aromatic N) is 1. The second kappa shape index (κ2) is 8.09. The smallest absolute Gasteiger partial charge is 0.331 e. The summed E-state index contributed by atoms with van der Waals surface area (Å²) in [4.78, 5) is 35.1. The van der Waals surface area contributed by atoms with Crippen molar-refractivity contribution in [3.05, 3.63) is 48.2 Å². The van der Waals surface area contributed by atoms with Crippen molar-refractivity contribution in [2.45, 2.75) is 47.1 Å². The number of Topliss-reactive ketones (excluding diaryl/α,β-unsaturated/α-hetero) is 1. The zero-order valence-electron chi connectivity index (χ0n) is 18.0. The average Bonchev–Trinajstić information content (AvgIpc) is 2.95. The maximum atomic E-state index is 13.3. The highest BCUT2D eigenvalue weighted by molar-refractivity contribution is 6.11. The molecule has 0 amide bonds. The number of ketones is 1. The number of para-hydroxylation sites is 1. The fourth-order valence-corrected chi connectivity index (χ4v) is 4.38. The highest BCUT2D eigenvalue weighted by Crippen LogP contribution is 2.69. The molecule has 0 spiro atoms. The Morgan fingerprint density at radius 1 is 1.07 bits per heavy atom. The predicted octanol–water partition coefficient (Wildman–Crippen LogP) is 4.47. The van der Waals surface area contributed by atoms with Gasteiger partial charge in [-0.25, -0.2) is 9.59 Å². The molecule has 0 radical (unpaired) electrons. The summed E-state index contributed by atoms with van der Waals surface area (Å²) in [6, 6.07) is 7.94. The van der Waals surface area contributed by atoms with Crippen LogP contribution < -0.4 is 0 Å². The number of aryl methyl sites for hydroxylation is 1. The Kier molecular flexibility index (Phi) is 5.88. The number of ether oxygens (including phenoxy) is 1. The quantitative estimate of drug-likeness (QED) is 0.285. The van der Waals surface area contributed by atoms with Gasteiger partial charge in [-0.3, -0.25) is 4.79 Å². The molecule has 1 aliphatic rings. The summed E-state index contributed by atoms with van der Waals surface area (Å²) >= 11 is 0. The molecule has 1 heterocycles. The lowest BCUT2D eigenvalue weighted by Gasteiger charge is -2.05. The van der Waals surface area contributed by atoms with Gasteiger partial charge in [0.15, 0.2) is 5.78 Å². The number of carbonyl (C=O) groups excluding carboxylic acids is 2. The van der Waals surface area contributed by atoms with Crippen LogP contribution in [0.3, 0.4) is 0 Å². The molecule has 1 aliphatic carbocycles. The highest BCUT2D eigenvalue weighted by atomic mass is 16.5. The molecular formula is C24H29NO5. The molecule has 0 unspecified atom stereocenters. The van der Waals surface area contributed by atoms with Crippen LogP contribution >= 0.6 is 0 Å². The van der Waals surface area contributed by atoms with Gasteiger partial charge in [-0.1, -0.05) is 45.9 Å². The number of hydrogen-bond donors (Lipinski definition) is 1. The summed E-state index contributed by atoms with van der Waals surface area (Å²) in [5.74, 6) is -1.62. The third-order valence-corrected chi connectivity index (χ3v) is 6.74. The molecule has 0 bridgehead atoms. The second-order valence-electron chi connectivity index (χ2n) is 9.04. The van der Waals surface area contributed by atoms with Gasteiger partial charge in [0, 0.05) is 47.3 Å². The first kappa shape index (κ1) is 21.8. The molecule has 3 rings (SSSR count). The third-order valence-electron chi connectivity index (χ3n) is 6.74. The molecule has 1 aromatic carbocycles. The van der Waals surface area contributed by atoms with Crippen LogP contribution in [0.2, 0.25) is 0 Å². The van der Waals surface area contributed by atoms with Crippen molar-refractivity contribution in [2.24, 2.45) is 16.7 Å². The second-order valence-corrected chi connectivity index (χ2v) is 9.04. The van der Waals surface area contributed by atoms with E-state index in [1.165, 1.54) is 0 Å². The number of carboxylic acids is 1. The van der Waals surface area contributed by atoms with Crippen LogP contribution in [0.15, 0.2) is 42.6 Å². The Hall–Kier alpha value is -2.89. The van der Waals surface area contributed by atoms with E-state index >= 15 is 0 Å². The number of benzene rings is 1. The van der Waals surface area contributed by atoms with Gasteiger partial charge < -0.3 is 14.4 Å². The third kappa shape index (κ3) is 4.04. The maximum absolute atomic E-state index is 13.3. The van der Waals surface area contributed by atoms with Gasteiger partial charge in [0.1, 0.15) is 0 Å².